The molecule has 1 aliphatic carbocycles. The molecule has 0 saturated heterocycles. The summed E-state index contributed by atoms with van der Waals surface area (Å²) in [6.45, 7) is 0.994. The van der Waals surface area contributed by atoms with Crippen molar-refractivity contribution in [1.29, 1.82) is 0 Å². The molecule has 5 heteroatoms. The van der Waals surface area contributed by atoms with Crippen LogP contribution in [0.25, 0.3) is 16.0 Å². The van der Waals surface area contributed by atoms with Crippen molar-refractivity contribution in [2.45, 2.75) is 31.1 Å². The van der Waals surface area contributed by atoms with Crippen LogP contribution in [0.4, 0.5) is 0 Å². The second-order valence-corrected chi connectivity index (χ2v) is 4.49. The van der Waals surface area contributed by atoms with E-state index in [9.17, 15) is 0 Å². The van der Waals surface area contributed by atoms with Crippen molar-refractivity contribution >= 4 is 11.6 Å². The van der Waals surface area contributed by atoms with Gasteiger partial charge in [0.05, 0.1) is 0 Å². The van der Waals surface area contributed by atoms with E-state index in [4.69, 9.17) is 11.6 Å². The molecule has 0 aromatic heterocycles. The largest absolute Gasteiger partial charge is 4.00 e. The summed E-state index contributed by atoms with van der Waals surface area (Å²) in [5.74, 6) is 0.755. The van der Waals surface area contributed by atoms with E-state index in [1.165, 1.54) is 25.7 Å². The van der Waals surface area contributed by atoms with Crippen molar-refractivity contribution in [2.75, 3.05) is 41.8 Å². The van der Waals surface area contributed by atoms with E-state index in [-0.39, 0.29) is 29.1 Å². The summed E-state index contributed by atoms with van der Waals surface area (Å²) < 4.78 is 0. The summed E-state index contributed by atoms with van der Waals surface area (Å²) in [7, 11) is 8.87. The predicted octanol–water partition coefficient (Wildman–Crippen LogP) is 4.47. The molecule has 0 N–H and O–H groups in total. The van der Waals surface area contributed by atoms with Gasteiger partial charge < -0.3 is 23.4 Å². The predicted molar refractivity (Wildman–Crippen MR) is 82.6 cm³/mol. The van der Waals surface area contributed by atoms with Crippen molar-refractivity contribution in [1.82, 2.24) is 0 Å². The van der Waals surface area contributed by atoms with Crippen LogP contribution in [0.15, 0.2) is 0 Å². The first-order valence-corrected chi connectivity index (χ1v) is 6.27. The Kier molecular flexibility index (Phi) is 34.9. The smallest absolute Gasteiger partial charge is 0.668 e. The summed E-state index contributed by atoms with van der Waals surface area (Å²) >= 11 is 6.07. The van der Waals surface area contributed by atoms with Crippen LogP contribution in [0.1, 0.15) is 25.7 Å². The Balaban J connectivity index is -0.000000106. The van der Waals surface area contributed by atoms with Crippen molar-refractivity contribution in [3.8, 4) is 0 Å². The first kappa shape index (κ1) is 27.3. The fourth-order valence-electron chi connectivity index (χ4n) is 1.61. The van der Waals surface area contributed by atoms with Crippen LogP contribution in [0.3, 0.4) is 0 Å². The van der Waals surface area contributed by atoms with Crippen LogP contribution in [0.5, 0.6) is 0 Å². The van der Waals surface area contributed by atoms with E-state index < -0.39 is 0 Å². The third kappa shape index (κ3) is 19.2. The second kappa shape index (κ2) is 23.0. The van der Waals surface area contributed by atoms with Gasteiger partial charge >= 0.3 is 21.7 Å². The molecule has 2 atom stereocenters. The van der Waals surface area contributed by atoms with Crippen LogP contribution in [-0.2, 0) is 21.7 Å². The summed E-state index contributed by atoms with van der Waals surface area (Å²) in [5.41, 5.74) is 0. The third-order valence-electron chi connectivity index (χ3n) is 2.29. The minimum Gasteiger partial charge on any atom is -0.668 e. The van der Waals surface area contributed by atoms with Gasteiger partial charge in [-0.15, -0.1) is 18.1 Å². The molecule has 18 heavy (non-hydrogen) atoms. The molecule has 0 aliphatic heterocycles. The molecule has 0 radical (unpaired) electrons. The molecule has 2 unspecified atom stereocenters. The summed E-state index contributed by atoms with van der Waals surface area (Å²) in [6, 6.07) is 0. The average Bonchev–Trinajstić information content (AvgIpc) is 2.63. The zero-order valence-corrected chi connectivity index (χ0v) is 15.2. The van der Waals surface area contributed by atoms with Gasteiger partial charge in [-0.25, -0.2) is 0 Å². The van der Waals surface area contributed by atoms with Crippen LogP contribution < -0.4 is 0 Å². The van der Waals surface area contributed by atoms with Gasteiger partial charge in [0.25, 0.3) is 0 Å². The topological polar surface area (TPSA) is 42.3 Å². The molecule has 3 nitrogen and oxygen atoms in total. The molecule has 1 rings (SSSR count). The SMILES string of the molecule is C[N-]C.C[N-]C.C[N-]CCC1CCCC1Cl.[CH3-].[Ti+4]. The van der Waals surface area contributed by atoms with Crippen molar-refractivity contribution in [2.24, 2.45) is 5.92 Å². The number of hydrogen-bond donors (Lipinski definition) is 0. The van der Waals surface area contributed by atoms with Crippen LogP contribution in [-0.4, -0.2) is 47.2 Å². The molecule has 108 valence electrons. The van der Waals surface area contributed by atoms with Crippen molar-refractivity contribution < 1.29 is 21.7 Å². The maximum Gasteiger partial charge on any atom is 4.00 e. The number of halogens is 1. The Bertz CT molecular complexity index is 127. The van der Waals surface area contributed by atoms with E-state index >= 15 is 0 Å². The molecule has 1 saturated carbocycles. The minimum atomic E-state index is 0. The van der Waals surface area contributed by atoms with Gasteiger partial charge in [0.15, 0.2) is 0 Å². The van der Waals surface area contributed by atoms with Gasteiger partial charge in [-0.1, -0.05) is 12.8 Å². The number of alkyl halides is 1. The summed E-state index contributed by atoms with van der Waals surface area (Å²) in [6.07, 6.45) is 5.06. The molecule has 1 fully saturated rings. The number of hydrogen-bond acceptors (Lipinski definition) is 0. The first-order chi connectivity index (χ1) is 7.67. The van der Waals surface area contributed by atoms with Crippen molar-refractivity contribution in [3.63, 3.8) is 0 Å². The Morgan fingerprint density at radius 3 is 1.72 bits per heavy atom. The quantitative estimate of drug-likeness (QED) is 0.419. The van der Waals surface area contributed by atoms with E-state index in [0.717, 1.165) is 12.5 Å². The van der Waals surface area contributed by atoms with E-state index in [1.54, 1.807) is 28.2 Å². The molecular weight excluding hydrogens is 281 g/mol. The van der Waals surface area contributed by atoms with Gasteiger partial charge in [0.2, 0.25) is 0 Å². The van der Waals surface area contributed by atoms with Gasteiger partial charge in [-0.2, -0.15) is 35.2 Å². The zero-order valence-electron chi connectivity index (χ0n) is 12.9. The average molecular weight is 312 g/mol. The van der Waals surface area contributed by atoms with Gasteiger partial charge in [-0.3, -0.25) is 0 Å². The summed E-state index contributed by atoms with van der Waals surface area (Å²) in [4.78, 5) is 0. The van der Waals surface area contributed by atoms with E-state index in [2.05, 4.69) is 16.0 Å². The normalized spacial score (nSPS) is 20.3. The number of rotatable bonds is 3. The third-order valence-corrected chi connectivity index (χ3v) is 2.86. The Labute approximate surface area is 135 Å². The fraction of sp³-hybridized carbons (Fsp3) is 0.923. The monoisotopic (exact) mass is 311 g/mol. The molecular formula is C13H30ClN3Ti. The second-order valence-electron chi connectivity index (χ2n) is 3.93. The van der Waals surface area contributed by atoms with Gasteiger partial charge in [0.1, 0.15) is 0 Å². The van der Waals surface area contributed by atoms with Crippen LogP contribution >= 0.6 is 11.6 Å². The van der Waals surface area contributed by atoms with Crippen LogP contribution in [0, 0.1) is 13.3 Å². The summed E-state index contributed by atoms with van der Waals surface area (Å²) in [5, 5.41) is 11.5. The van der Waals surface area contributed by atoms with E-state index in [0.29, 0.717) is 5.38 Å². The van der Waals surface area contributed by atoms with E-state index in [1.807, 2.05) is 7.05 Å². The standard InChI is InChI=1S/C8H15ClN.2C2H6N.CH3.Ti/c1-10-6-5-7-3-2-4-8(7)9;2*1-3-2;;/h7-8H,2-6H2,1H3;2*1-2H3;1H3;/q4*-1;+4. The molecule has 0 spiro atoms. The molecule has 1 aliphatic rings. The molecule has 0 amide bonds. The Morgan fingerprint density at radius 1 is 1.00 bits per heavy atom. The molecule has 0 heterocycles. The maximum atomic E-state index is 6.07. The molecule has 0 aromatic rings. The molecule has 0 bridgehead atoms. The van der Waals surface area contributed by atoms with Gasteiger partial charge in [-0.05, 0) is 18.8 Å². The zero-order chi connectivity index (χ0) is 12.8. The Morgan fingerprint density at radius 2 is 1.44 bits per heavy atom. The van der Waals surface area contributed by atoms with Crippen LogP contribution in [0.2, 0.25) is 0 Å². The minimum absolute atomic E-state index is 0. The van der Waals surface area contributed by atoms with Crippen molar-refractivity contribution in [3.05, 3.63) is 23.4 Å². The number of nitrogens with zero attached hydrogens (tertiary/aromatic N) is 3. The maximum absolute atomic E-state index is 6.07. The fourth-order valence-corrected chi connectivity index (χ4v) is 2.02. The van der Waals surface area contributed by atoms with Gasteiger partial charge in [0, 0.05) is 5.38 Å². The Hall–Kier alpha value is 0.884. The first-order valence-electron chi connectivity index (χ1n) is 5.83. The molecule has 0 aromatic carbocycles.